The van der Waals surface area contributed by atoms with Crippen LogP contribution in [0.4, 0.5) is 0 Å². The molecule has 1 heterocycles. The van der Waals surface area contributed by atoms with Crippen LogP contribution < -0.4 is 9.47 Å². The number of ether oxygens (including phenoxy) is 3. The van der Waals surface area contributed by atoms with E-state index in [-0.39, 0.29) is 17.4 Å². The number of halogens is 1. The van der Waals surface area contributed by atoms with E-state index in [0.717, 1.165) is 5.56 Å². The Morgan fingerprint density at radius 2 is 1.90 bits per heavy atom. The first-order valence-corrected chi connectivity index (χ1v) is 10.9. The molecule has 1 amide bonds. The van der Waals surface area contributed by atoms with Gasteiger partial charge in [0.15, 0.2) is 0 Å². The second-order valence-electron chi connectivity index (χ2n) is 7.02. The Bertz CT molecular complexity index is 935. The molecule has 1 saturated heterocycles. The lowest BCUT2D eigenvalue weighted by Gasteiger charge is -2.29. The molecular formula is C22H24ClNO5S. The Kier molecular flexibility index (Phi) is 7.15. The van der Waals surface area contributed by atoms with E-state index >= 15 is 0 Å². The topological polar surface area (TPSA) is 65.1 Å². The van der Waals surface area contributed by atoms with E-state index in [9.17, 15) is 9.59 Å². The van der Waals surface area contributed by atoms with Gasteiger partial charge in [-0.2, -0.15) is 0 Å². The second kappa shape index (κ2) is 9.62. The van der Waals surface area contributed by atoms with Gasteiger partial charge in [0.2, 0.25) is 0 Å². The third kappa shape index (κ3) is 4.68. The van der Waals surface area contributed by atoms with Crippen LogP contribution in [0.15, 0.2) is 42.5 Å². The monoisotopic (exact) mass is 449 g/mol. The standard InChI is InChI=1S/C22H24ClNO5S/c1-13(2)29-22(26)18-12-30-21(14-6-5-7-15(23)10-14)24(18)20(25)17-9-8-16(27-3)11-19(17)28-4/h5-11,13,18,21H,12H2,1-4H3. The highest BCUT2D eigenvalue weighted by Gasteiger charge is 2.44. The van der Waals surface area contributed by atoms with Crippen LogP contribution in [0.5, 0.6) is 11.5 Å². The lowest BCUT2D eigenvalue weighted by atomic mass is 10.1. The zero-order valence-corrected chi connectivity index (χ0v) is 18.8. The lowest BCUT2D eigenvalue weighted by Crippen LogP contribution is -2.44. The van der Waals surface area contributed by atoms with E-state index in [1.807, 2.05) is 12.1 Å². The number of nitrogens with zero attached hydrogens (tertiary/aromatic N) is 1. The summed E-state index contributed by atoms with van der Waals surface area (Å²) >= 11 is 7.68. The summed E-state index contributed by atoms with van der Waals surface area (Å²) in [4.78, 5) is 28.0. The van der Waals surface area contributed by atoms with E-state index in [2.05, 4.69) is 0 Å². The summed E-state index contributed by atoms with van der Waals surface area (Å²) in [5.74, 6) is 0.615. The molecule has 0 spiro atoms. The molecule has 1 aliphatic heterocycles. The van der Waals surface area contributed by atoms with Gasteiger partial charge in [-0.3, -0.25) is 4.79 Å². The molecule has 160 valence electrons. The lowest BCUT2D eigenvalue weighted by molar-refractivity contribution is -0.151. The maximum absolute atomic E-state index is 13.6. The van der Waals surface area contributed by atoms with Gasteiger partial charge in [0.25, 0.3) is 5.91 Å². The molecule has 2 aromatic carbocycles. The maximum Gasteiger partial charge on any atom is 0.330 e. The Morgan fingerprint density at radius 1 is 1.13 bits per heavy atom. The predicted octanol–water partition coefficient (Wildman–Crippen LogP) is 4.57. The molecule has 0 aliphatic carbocycles. The Labute approximate surface area is 185 Å². The maximum atomic E-state index is 13.6. The zero-order chi connectivity index (χ0) is 21.8. The summed E-state index contributed by atoms with van der Waals surface area (Å²) in [6, 6.07) is 11.6. The van der Waals surface area contributed by atoms with E-state index < -0.39 is 12.0 Å². The van der Waals surface area contributed by atoms with Gasteiger partial charge in [0, 0.05) is 16.8 Å². The number of thioether (sulfide) groups is 1. The van der Waals surface area contributed by atoms with Gasteiger partial charge < -0.3 is 19.1 Å². The van der Waals surface area contributed by atoms with Crippen molar-refractivity contribution in [3.8, 4) is 11.5 Å². The van der Waals surface area contributed by atoms with E-state index in [0.29, 0.717) is 27.8 Å². The van der Waals surface area contributed by atoms with E-state index in [1.165, 1.54) is 18.9 Å². The van der Waals surface area contributed by atoms with Crippen molar-refractivity contribution in [2.24, 2.45) is 0 Å². The molecule has 6 nitrogen and oxygen atoms in total. The quantitative estimate of drug-likeness (QED) is 0.602. The van der Waals surface area contributed by atoms with Crippen molar-refractivity contribution in [1.29, 1.82) is 0 Å². The second-order valence-corrected chi connectivity index (χ2v) is 8.57. The molecule has 30 heavy (non-hydrogen) atoms. The van der Waals surface area contributed by atoms with Crippen LogP contribution in [-0.2, 0) is 9.53 Å². The fourth-order valence-corrected chi connectivity index (χ4v) is 4.88. The van der Waals surface area contributed by atoms with Crippen molar-refractivity contribution in [2.75, 3.05) is 20.0 Å². The molecule has 0 radical (unpaired) electrons. The summed E-state index contributed by atoms with van der Waals surface area (Å²) in [5, 5.41) is 0.184. The van der Waals surface area contributed by atoms with Gasteiger partial charge in [0.05, 0.1) is 25.9 Å². The Hall–Kier alpha value is -2.38. The molecule has 2 aromatic rings. The highest BCUT2D eigenvalue weighted by molar-refractivity contribution is 7.99. The van der Waals surface area contributed by atoms with Crippen LogP contribution in [0.3, 0.4) is 0 Å². The Balaban J connectivity index is 2.03. The summed E-state index contributed by atoms with van der Waals surface area (Å²) in [6.07, 6.45) is -0.278. The van der Waals surface area contributed by atoms with Crippen molar-refractivity contribution >= 4 is 35.2 Å². The first-order chi connectivity index (χ1) is 14.3. The minimum atomic E-state index is -0.722. The van der Waals surface area contributed by atoms with Gasteiger partial charge in [-0.05, 0) is 43.7 Å². The first kappa shape index (κ1) is 22.3. The molecule has 0 N–H and O–H groups in total. The third-order valence-corrected chi connectivity index (χ3v) is 6.19. The normalized spacial score (nSPS) is 18.4. The van der Waals surface area contributed by atoms with Crippen molar-refractivity contribution < 1.29 is 23.8 Å². The summed E-state index contributed by atoms with van der Waals surface area (Å²) in [7, 11) is 3.03. The average molecular weight is 450 g/mol. The highest BCUT2D eigenvalue weighted by atomic mass is 35.5. The number of methoxy groups -OCH3 is 2. The minimum Gasteiger partial charge on any atom is -0.497 e. The molecule has 2 atom stereocenters. The number of benzene rings is 2. The van der Waals surface area contributed by atoms with E-state index in [4.69, 9.17) is 25.8 Å². The van der Waals surface area contributed by atoms with Crippen LogP contribution in [0.2, 0.25) is 5.02 Å². The SMILES string of the molecule is COc1ccc(C(=O)N2C(C(=O)OC(C)C)CSC2c2cccc(Cl)c2)c(OC)c1. The van der Waals surface area contributed by atoms with Crippen LogP contribution in [0.25, 0.3) is 0 Å². The van der Waals surface area contributed by atoms with Gasteiger partial charge >= 0.3 is 5.97 Å². The summed E-state index contributed by atoms with van der Waals surface area (Å²) in [6.45, 7) is 3.57. The third-order valence-electron chi connectivity index (χ3n) is 4.63. The van der Waals surface area contributed by atoms with Crippen LogP contribution >= 0.6 is 23.4 Å². The molecule has 1 aliphatic rings. The molecule has 0 bridgehead atoms. The molecular weight excluding hydrogens is 426 g/mol. The molecule has 1 fully saturated rings. The summed E-state index contributed by atoms with van der Waals surface area (Å²) in [5.41, 5.74) is 1.18. The number of amides is 1. The Morgan fingerprint density at radius 3 is 2.53 bits per heavy atom. The first-order valence-electron chi connectivity index (χ1n) is 9.48. The average Bonchev–Trinajstić information content (AvgIpc) is 3.17. The molecule has 0 saturated carbocycles. The fraction of sp³-hybridized carbons (Fsp3) is 0.364. The van der Waals surface area contributed by atoms with Gasteiger partial charge in [-0.15, -0.1) is 11.8 Å². The van der Waals surface area contributed by atoms with Crippen molar-refractivity contribution in [3.05, 3.63) is 58.6 Å². The molecule has 0 aromatic heterocycles. The number of carbonyl (C=O) groups is 2. The number of hydrogen-bond donors (Lipinski definition) is 0. The van der Waals surface area contributed by atoms with Crippen LogP contribution in [-0.4, -0.2) is 48.9 Å². The number of carbonyl (C=O) groups excluding carboxylic acids is 2. The fourth-order valence-electron chi connectivity index (χ4n) is 3.28. The number of esters is 1. The molecule has 8 heteroatoms. The van der Waals surface area contributed by atoms with Gasteiger partial charge in [0.1, 0.15) is 22.9 Å². The van der Waals surface area contributed by atoms with Crippen LogP contribution in [0, 0.1) is 0 Å². The van der Waals surface area contributed by atoms with Crippen molar-refractivity contribution in [2.45, 2.75) is 31.4 Å². The molecule has 2 unspecified atom stereocenters. The van der Waals surface area contributed by atoms with Gasteiger partial charge in [-0.1, -0.05) is 23.7 Å². The molecule has 3 rings (SSSR count). The minimum absolute atomic E-state index is 0.278. The smallest absolute Gasteiger partial charge is 0.330 e. The van der Waals surface area contributed by atoms with Crippen molar-refractivity contribution in [1.82, 2.24) is 4.90 Å². The van der Waals surface area contributed by atoms with Crippen LogP contribution in [0.1, 0.15) is 35.1 Å². The highest BCUT2D eigenvalue weighted by Crippen LogP contribution is 2.44. The number of rotatable bonds is 6. The largest absolute Gasteiger partial charge is 0.497 e. The summed E-state index contributed by atoms with van der Waals surface area (Å²) < 4.78 is 16.1. The van der Waals surface area contributed by atoms with E-state index in [1.54, 1.807) is 56.2 Å². The predicted molar refractivity (Wildman–Crippen MR) is 117 cm³/mol. The van der Waals surface area contributed by atoms with Crippen molar-refractivity contribution in [3.63, 3.8) is 0 Å². The van der Waals surface area contributed by atoms with Gasteiger partial charge in [-0.25, -0.2) is 4.79 Å². The number of hydrogen-bond acceptors (Lipinski definition) is 6. The zero-order valence-electron chi connectivity index (χ0n) is 17.3.